The van der Waals surface area contributed by atoms with Gasteiger partial charge in [0.05, 0.1) is 5.56 Å². The molecule has 4 nitrogen and oxygen atoms in total. The van der Waals surface area contributed by atoms with E-state index in [4.69, 9.17) is 0 Å². The lowest BCUT2D eigenvalue weighted by Gasteiger charge is -2.44. The summed E-state index contributed by atoms with van der Waals surface area (Å²) in [5, 5.41) is 9.73. The highest BCUT2D eigenvalue weighted by Gasteiger charge is 2.32. The number of phenols is 1. The average Bonchev–Trinajstić information content (AvgIpc) is 2.46. The third-order valence-electron chi connectivity index (χ3n) is 4.31. The van der Waals surface area contributed by atoms with Gasteiger partial charge in [0.1, 0.15) is 11.6 Å². The Labute approximate surface area is 117 Å². The van der Waals surface area contributed by atoms with Crippen LogP contribution in [0.3, 0.4) is 0 Å². The number of carbonyl (C=O) groups is 1. The van der Waals surface area contributed by atoms with Crippen molar-refractivity contribution in [3.8, 4) is 5.75 Å². The summed E-state index contributed by atoms with van der Waals surface area (Å²) < 4.78 is 13.0. The van der Waals surface area contributed by atoms with Crippen LogP contribution in [0, 0.1) is 5.82 Å². The molecule has 20 heavy (non-hydrogen) atoms. The predicted octanol–water partition coefficient (Wildman–Crippen LogP) is 1.84. The molecule has 1 amide bonds. The highest BCUT2D eigenvalue weighted by atomic mass is 19.1. The van der Waals surface area contributed by atoms with Gasteiger partial charge in [0, 0.05) is 31.7 Å². The first-order valence-electron chi connectivity index (χ1n) is 7.17. The molecule has 0 aliphatic carbocycles. The maximum atomic E-state index is 13.0. The van der Waals surface area contributed by atoms with E-state index in [-0.39, 0.29) is 17.2 Å². The molecule has 0 aromatic heterocycles. The van der Waals surface area contributed by atoms with Crippen molar-refractivity contribution in [3.63, 3.8) is 0 Å². The van der Waals surface area contributed by atoms with Crippen molar-refractivity contribution in [1.29, 1.82) is 0 Å². The summed E-state index contributed by atoms with van der Waals surface area (Å²) >= 11 is 0. The van der Waals surface area contributed by atoms with Crippen molar-refractivity contribution in [2.24, 2.45) is 0 Å². The molecule has 2 aliphatic heterocycles. The van der Waals surface area contributed by atoms with Gasteiger partial charge in [-0.05, 0) is 31.5 Å². The molecule has 2 fully saturated rings. The summed E-state index contributed by atoms with van der Waals surface area (Å²) in [6.45, 7) is 3.38. The zero-order valence-corrected chi connectivity index (χ0v) is 11.4. The van der Waals surface area contributed by atoms with Crippen molar-refractivity contribution < 1.29 is 14.3 Å². The Balaban J connectivity index is 1.74. The maximum Gasteiger partial charge on any atom is 0.257 e. The highest BCUT2D eigenvalue weighted by molar-refractivity contribution is 5.96. The number of phenolic OH excluding ortho intramolecular Hbond substituents is 1. The topological polar surface area (TPSA) is 43.8 Å². The number of hydrogen-bond acceptors (Lipinski definition) is 3. The van der Waals surface area contributed by atoms with E-state index < -0.39 is 5.82 Å². The van der Waals surface area contributed by atoms with E-state index >= 15 is 0 Å². The minimum Gasteiger partial charge on any atom is -0.507 e. The van der Waals surface area contributed by atoms with Gasteiger partial charge in [0.25, 0.3) is 5.91 Å². The molecule has 3 rings (SSSR count). The minimum absolute atomic E-state index is 0.190. The van der Waals surface area contributed by atoms with Crippen molar-refractivity contribution >= 4 is 5.91 Å². The lowest BCUT2D eigenvalue weighted by atomic mass is 9.99. The van der Waals surface area contributed by atoms with Crippen LogP contribution in [0.2, 0.25) is 0 Å². The number of piperazine rings is 1. The van der Waals surface area contributed by atoms with Crippen LogP contribution in [-0.2, 0) is 0 Å². The molecule has 1 atom stereocenters. The van der Waals surface area contributed by atoms with E-state index in [1.54, 1.807) is 4.90 Å². The largest absolute Gasteiger partial charge is 0.507 e. The number of hydrogen-bond donors (Lipinski definition) is 1. The maximum absolute atomic E-state index is 13.0. The van der Waals surface area contributed by atoms with Crippen LogP contribution in [0.15, 0.2) is 18.2 Å². The van der Waals surface area contributed by atoms with Gasteiger partial charge in [-0.25, -0.2) is 4.39 Å². The fourth-order valence-electron chi connectivity index (χ4n) is 3.20. The van der Waals surface area contributed by atoms with Crippen LogP contribution in [0.1, 0.15) is 29.6 Å². The molecule has 5 heteroatoms. The van der Waals surface area contributed by atoms with Crippen LogP contribution in [0.25, 0.3) is 0 Å². The number of amides is 1. The summed E-state index contributed by atoms with van der Waals surface area (Å²) in [5.41, 5.74) is 0.190. The molecule has 2 heterocycles. The standard InChI is InChI=1S/C15H19FN2O2/c16-11-4-5-13(14(19)9-11)15(20)18-8-7-17-6-2-1-3-12(17)10-18/h4-5,9,12,19H,1-3,6-8,10H2. The van der Waals surface area contributed by atoms with Crippen molar-refractivity contribution in [2.75, 3.05) is 26.2 Å². The third-order valence-corrected chi connectivity index (χ3v) is 4.31. The van der Waals surface area contributed by atoms with Crippen LogP contribution in [0.5, 0.6) is 5.75 Å². The molecule has 2 saturated heterocycles. The number of halogens is 1. The molecule has 0 spiro atoms. The third kappa shape index (κ3) is 2.50. The Bertz CT molecular complexity index is 521. The zero-order chi connectivity index (χ0) is 14.1. The molecule has 0 saturated carbocycles. The van der Waals surface area contributed by atoms with E-state index in [1.807, 2.05) is 0 Å². The van der Waals surface area contributed by atoms with Crippen LogP contribution in [0.4, 0.5) is 4.39 Å². The lowest BCUT2D eigenvalue weighted by Crippen LogP contribution is -2.56. The van der Waals surface area contributed by atoms with Crippen LogP contribution < -0.4 is 0 Å². The normalized spacial score (nSPS) is 23.4. The second-order valence-corrected chi connectivity index (χ2v) is 5.60. The van der Waals surface area contributed by atoms with Gasteiger partial charge >= 0.3 is 0 Å². The quantitative estimate of drug-likeness (QED) is 0.852. The van der Waals surface area contributed by atoms with Crippen LogP contribution in [-0.4, -0.2) is 53.0 Å². The fourth-order valence-corrected chi connectivity index (χ4v) is 3.20. The molecule has 1 aromatic carbocycles. The zero-order valence-electron chi connectivity index (χ0n) is 11.4. The van der Waals surface area contributed by atoms with E-state index in [9.17, 15) is 14.3 Å². The van der Waals surface area contributed by atoms with Gasteiger partial charge in [-0.15, -0.1) is 0 Å². The highest BCUT2D eigenvalue weighted by Crippen LogP contribution is 2.24. The molecule has 108 valence electrons. The molecule has 0 radical (unpaired) electrons. The molecular formula is C15H19FN2O2. The summed E-state index contributed by atoms with van der Waals surface area (Å²) in [4.78, 5) is 16.7. The Hall–Kier alpha value is -1.62. The SMILES string of the molecule is O=C(c1ccc(F)cc1O)N1CCN2CCCCC2C1. The van der Waals surface area contributed by atoms with E-state index in [1.165, 1.54) is 25.0 Å². The van der Waals surface area contributed by atoms with Gasteiger partial charge in [-0.2, -0.15) is 0 Å². The van der Waals surface area contributed by atoms with Crippen molar-refractivity contribution in [2.45, 2.75) is 25.3 Å². The molecule has 1 aromatic rings. The number of fused-ring (bicyclic) bond motifs is 1. The average molecular weight is 278 g/mol. The number of nitrogens with zero attached hydrogens (tertiary/aromatic N) is 2. The second kappa shape index (κ2) is 5.40. The number of rotatable bonds is 1. The Morgan fingerprint density at radius 2 is 2.10 bits per heavy atom. The number of benzene rings is 1. The summed E-state index contributed by atoms with van der Waals surface area (Å²) in [6, 6.07) is 4.00. The first-order valence-corrected chi connectivity index (χ1v) is 7.17. The summed E-state index contributed by atoms with van der Waals surface area (Å²) in [6.07, 6.45) is 3.58. The Kier molecular flexibility index (Phi) is 3.61. The molecule has 1 N–H and O–H groups in total. The first kappa shape index (κ1) is 13.4. The van der Waals surface area contributed by atoms with Crippen molar-refractivity contribution in [3.05, 3.63) is 29.6 Å². The lowest BCUT2D eigenvalue weighted by molar-refractivity contribution is 0.0370. The van der Waals surface area contributed by atoms with Crippen LogP contribution >= 0.6 is 0 Å². The minimum atomic E-state index is -0.531. The Morgan fingerprint density at radius 3 is 2.90 bits per heavy atom. The van der Waals surface area contributed by atoms with E-state index in [0.29, 0.717) is 19.1 Å². The smallest absolute Gasteiger partial charge is 0.257 e. The number of aromatic hydroxyl groups is 1. The monoisotopic (exact) mass is 278 g/mol. The molecular weight excluding hydrogens is 259 g/mol. The fraction of sp³-hybridized carbons (Fsp3) is 0.533. The van der Waals surface area contributed by atoms with E-state index in [0.717, 1.165) is 25.6 Å². The van der Waals surface area contributed by atoms with Crippen molar-refractivity contribution in [1.82, 2.24) is 9.80 Å². The summed E-state index contributed by atoms with van der Waals surface area (Å²) in [5.74, 6) is -1.01. The molecule has 0 bridgehead atoms. The number of carbonyl (C=O) groups excluding carboxylic acids is 1. The van der Waals surface area contributed by atoms with Gasteiger partial charge in [-0.3, -0.25) is 9.69 Å². The number of piperidine rings is 1. The first-order chi connectivity index (χ1) is 9.65. The Morgan fingerprint density at radius 1 is 1.25 bits per heavy atom. The van der Waals surface area contributed by atoms with Gasteiger partial charge < -0.3 is 10.0 Å². The predicted molar refractivity (Wildman–Crippen MR) is 73.2 cm³/mol. The molecule has 1 unspecified atom stereocenters. The van der Waals surface area contributed by atoms with E-state index in [2.05, 4.69) is 4.90 Å². The second-order valence-electron chi connectivity index (χ2n) is 5.60. The molecule has 2 aliphatic rings. The summed E-state index contributed by atoms with van der Waals surface area (Å²) in [7, 11) is 0. The van der Waals surface area contributed by atoms with Gasteiger partial charge in [0.15, 0.2) is 0 Å². The van der Waals surface area contributed by atoms with Gasteiger partial charge in [0.2, 0.25) is 0 Å². The van der Waals surface area contributed by atoms with Gasteiger partial charge in [-0.1, -0.05) is 6.42 Å².